The van der Waals surface area contributed by atoms with E-state index in [0.717, 1.165) is 19.6 Å². The van der Waals surface area contributed by atoms with Crippen LogP contribution in [0.25, 0.3) is 0 Å². The second-order valence-corrected chi connectivity index (χ2v) is 1.94. The predicted molar refractivity (Wildman–Crippen MR) is 40.6 cm³/mol. The van der Waals surface area contributed by atoms with Gasteiger partial charge in [0.1, 0.15) is 0 Å². The van der Waals surface area contributed by atoms with Crippen molar-refractivity contribution in [2.45, 2.75) is 20.3 Å². The lowest BCUT2D eigenvalue weighted by atomic mass is 10.1. The van der Waals surface area contributed by atoms with Crippen LogP contribution < -0.4 is 0 Å². The smallest absolute Gasteiger partial charge is 0.0520 e. The van der Waals surface area contributed by atoms with Gasteiger partial charge in [-0.1, -0.05) is 13.8 Å². The third kappa shape index (κ3) is 3.45. The number of rotatable bonds is 2. The highest BCUT2D eigenvalue weighted by Gasteiger charge is 2.16. The molecular weight excluding hydrogens is 130 g/mol. The van der Waals surface area contributed by atoms with Crippen LogP contribution in [0.3, 0.4) is 0 Å². The van der Waals surface area contributed by atoms with Crippen molar-refractivity contribution < 1.29 is 9.94 Å². The second-order valence-electron chi connectivity index (χ2n) is 1.94. The van der Waals surface area contributed by atoms with E-state index >= 15 is 0 Å². The van der Waals surface area contributed by atoms with Crippen LogP contribution in [0.15, 0.2) is 5.16 Å². The van der Waals surface area contributed by atoms with E-state index in [2.05, 4.69) is 5.16 Å². The minimum atomic E-state index is 0.603. The van der Waals surface area contributed by atoms with Crippen molar-refractivity contribution in [3.63, 3.8) is 0 Å². The highest BCUT2D eigenvalue weighted by atomic mass is 16.5. The van der Waals surface area contributed by atoms with E-state index in [4.69, 9.17) is 9.94 Å². The van der Waals surface area contributed by atoms with Crippen molar-refractivity contribution in [2.75, 3.05) is 13.2 Å². The lowest BCUT2D eigenvalue weighted by molar-refractivity contribution is -0.0276. The SMILES string of the molecule is CC.O/N=C/CC1COC1. The van der Waals surface area contributed by atoms with Crippen LogP contribution in [0.5, 0.6) is 0 Å². The van der Waals surface area contributed by atoms with Gasteiger partial charge in [0.2, 0.25) is 0 Å². The normalized spacial score (nSPS) is 17.8. The highest BCUT2D eigenvalue weighted by molar-refractivity contribution is 5.56. The molecule has 0 aromatic rings. The van der Waals surface area contributed by atoms with Gasteiger partial charge >= 0.3 is 0 Å². The fourth-order valence-corrected chi connectivity index (χ4v) is 0.617. The maximum atomic E-state index is 7.96. The van der Waals surface area contributed by atoms with E-state index in [1.807, 2.05) is 13.8 Å². The molecule has 3 nitrogen and oxygen atoms in total. The quantitative estimate of drug-likeness (QED) is 0.363. The molecule has 0 saturated carbocycles. The molecule has 1 saturated heterocycles. The monoisotopic (exact) mass is 145 g/mol. The Kier molecular flexibility index (Phi) is 6.18. The third-order valence-electron chi connectivity index (χ3n) is 1.23. The average Bonchev–Trinajstić information content (AvgIpc) is 1.90. The number of hydrogen-bond donors (Lipinski definition) is 1. The van der Waals surface area contributed by atoms with Crippen molar-refractivity contribution in [2.24, 2.45) is 11.1 Å². The van der Waals surface area contributed by atoms with Crippen molar-refractivity contribution in [3.8, 4) is 0 Å². The molecule has 1 N–H and O–H groups in total. The Bertz CT molecular complexity index is 89.6. The molecule has 10 heavy (non-hydrogen) atoms. The zero-order valence-electron chi connectivity index (χ0n) is 6.58. The summed E-state index contributed by atoms with van der Waals surface area (Å²) in [5, 5.41) is 10.8. The van der Waals surface area contributed by atoms with Crippen LogP contribution >= 0.6 is 0 Å². The summed E-state index contributed by atoms with van der Waals surface area (Å²) in [5.74, 6) is 0.603. The minimum absolute atomic E-state index is 0.603. The van der Waals surface area contributed by atoms with E-state index in [1.165, 1.54) is 6.21 Å². The maximum Gasteiger partial charge on any atom is 0.0520 e. The molecule has 0 aromatic carbocycles. The highest BCUT2D eigenvalue weighted by Crippen LogP contribution is 2.11. The molecule has 0 radical (unpaired) electrons. The molecule has 1 aliphatic rings. The molecule has 0 aliphatic carbocycles. The van der Waals surface area contributed by atoms with Crippen LogP contribution in [-0.2, 0) is 4.74 Å². The molecule has 0 spiro atoms. The molecule has 0 atom stereocenters. The van der Waals surface area contributed by atoms with Crippen LogP contribution in [0.4, 0.5) is 0 Å². The first-order chi connectivity index (χ1) is 4.93. The maximum absolute atomic E-state index is 7.96. The van der Waals surface area contributed by atoms with E-state index in [1.54, 1.807) is 0 Å². The van der Waals surface area contributed by atoms with Gasteiger partial charge in [-0.15, -0.1) is 5.16 Å². The Hall–Kier alpha value is -0.570. The second kappa shape index (κ2) is 6.55. The standard InChI is InChI=1S/C5H9NO2.C2H6/c7-6-2-1-5-3-8-4-5;1-2/h2,5,7H,1,3-4H2;1-2H3/b6-2+;. The Morgan fingerprint density at radius 2 is 2.20 bits per heavy atom. The van der Waals surface area contributed by atoms with Crippen molar-refractivity contribution in [3.05, 3.63) is 0 Å². The molecule has 1 rings (SSSR count). The van der Waals surface area contributed by atoms with Crippen molar-refractivity contribution >= 4 is 6.21 Å². The van der Waals surface area contributed by atoms with Gasteiger partial charge in [0.25, 0.3) is 0 Å². The number of nitrogens with zero attached hydrogens (tertiary/aromatic N) is 1. The Balaban J connectivity index is 0.000000371. The van der Waals surface area contributed by atoms with Gasteiger partial charge in [-0.3, -0.25) is 0 Å². The van der Waals surface area contributed by atoms with Gasteiger partial charge in [0.05, 0.1) is 13.2 Å². The van der Waals surface area contributed by atoms with E-state index in [-0.39, 0.29) is 0 Å². The van der Waals surface area contributed by atoms with Crippen molar-refractivity contribution in [1.29, 1.82) is 0 Å². The minimum Gasteiger partial charge on any atom is -0.411 e. The molecule has 60 valence electrons. The van der Waals surface area contributed by atoms with Gasteiger partial charge in [0, 0.05) is 12.1 Å². The van der Waals surface area contributed by atoms with Gasteiger partial charge in [-0.05, 0) is 6.42 Å². The summed E-state index contributed by atoms with van der Waals surface area (Å²) in [5.41, 5.74) is 0. The fourth-order valence-electron chi connectivity index (χ4n) is 0.617. The number of hydrogen-bond acceptors (Lipinski definition) is 3. The lowest BCUT2D eigenvalue weighted by Crippen LogP contribution is -2.27. The molecule has 3 heteroatoms. The molecule has 0 bridgehead atoms. The summed E-state index contributed by atoms with van der Waals surface area (Å²) in [7, 11) is 0. The summed E-state index contributed by atoms with van der Waals surface area (Å²) in [6.07, 6.45) is 2.35. The molecule has 0 aromatic heterocycles. The Labute approximate surface area is 61.7 Å². The van der Waals surface area contributed by atoms with Gasteiger partial charge in [-0.2, -0.15) is 0 Å². The first-order valence-corrected chi connectivity index (χ1v) is 3.67. The van der Waals surface area contributed by atoms with Gasteiger partial charge < -0.3 is 9.94 Å². The summed E-state index contributed by atoms with van der Waals surface area (Å²) >= 11 is 0. The van der Waals surface area contributed by atoms with E-state index in [0.29, 0.717) is 5.92 Å². The zero-order chi connectivity index (χ0) is 7.82. The largest absolute Gasteiger partial charge is 0.411 e. The number of ether oxygens (including phenoxy) is 1. The fraction of sp³-hybridized carbons (Fsp3) is 0.857. The summed E-state index contributed by atoms with van der Waals surface area (Å²) < 4.78 is 4.89. The lowest BCUT2D eigenvalue weighted by Gasteiger charge is -2.23. The predicted octanol–water partition coefficient (Wildman–Crippen LogP) is 1.51. The molecule has 0 amide bonds. The van der Waals surface area contributed by atoms with E-state index < -0.39 is 0 Å². The van der Waals surface area contributed by atoms with Gasteiger partial charge in [-0.25, -0.2) is 0 Å². The molecule has 1 fully saturated rings. The van der Waals surface area contributed by atoms with Crippen LogP contribution in [0.2, 0.25) is 0 Å². The summed E-state index contributed by atoms with van der Waals surface area (Å²) in [6, 6.07) is 0. The zero-order valence-corrected chi connectivity index (χ0v) is 6.58. The van der Waals surface area contributed by atoms with Crippen LogP contribution in [0.1, 0.15) is 20.3 Å². The van der Waals surface area contributed by atoms with E-state index in [9.17, 15) is 0 Å². The molecule has 1 heterocycles. The Morgan fingerprint density at radius 3 is 2.50 bits per heavy atom. The first kappa shape index (κ1) is 9.43. The third-order valence-corrected chi connectivity index (χ3v) is 1.23. The topological polar surface area (TPSA) is 41.8 Å². The molecular formula is C7H15NO2. The van der Waals surface area contributed by atoms with Gasteiger partial charge in [0.15, 0.2) is 0 Å². The summed E-state index contributed by atoms with van der Waals surface area (Å²) in [4.78, 5) is 0. The summed E-state index contributed by atoms with van der Waals surface area (Å²) in [6.45, 7) is 5.65. The molecule has 0 unspecified atom stereocenters. The van der Waals surface area contributed by atoms with Crippen molar-refractivity contribution in [1.82, 2.24) is 0 Å². The number of oxime groups is 1. The molecule has 1 aliphatic heterocycles. The van der Waals surface area contributed by atoms with Crippen LogP contribution in [0, 0.1) is 5.92 Å². The van der Waals surface area contributed by atoms with Crippen LogP contribution in [-0.4, -0.2) is 24.6 Å². The first-order valence-electron chi connectivity index (χ1n) is 3.67. The average molecular weight is 145 g/mol. The Morgan fingerprint density at radius 1 is 1.60 bits per heavy atom.